The fourth-order valence-electron chi connectivity index (χ4n) is 1.78. The van der Waals surface area contributed by atoms with Gasteiger partial charge in [-0.25, -0.2) is 0 Å². The number of nitrogens with zero attached hydrogens (tertiary/aromatic N) is 1. The van der Waals surface area contributed by atoms with Gasteiger partial charge in [0, 0.05) is 6.42 Å². The van der Waals surface area contributed by atoms with E-state index in [4.69, 9.17) is 5.26 Å². The Morgan fingerprint density at radius 1 is 1.41 bits per heavy atom. The number of amides is 1. The Bertz CT molecular complexity index is 394. The fourth-order valence-corrected chi connectivity index (χ4v) is 1.78. The molecule has 0 saturated carbocycles. The summed E-state index contributed by atoms with van der Waals surface area (Å²) in [4.78, 5) is 11.7. The summed E-state index contributed by atoms with van der Waals surface area (Å²) in [6.45, 7) is 3.75. The molecule has 0 heterocycles. The van der Waals surface area contributed by atoms with E-state index in [1.54, 1.807) is 6.92 Å². The molecular weight excluding hydrogens is 212 g/mol. The largest absolute Gasteiger partial charge is 0.341 e. The van der Waals surface area contributed by atoms with Crippen LogP contribution in [0.5, 0.6) is 0 Å². The van der Waals surface area contributed by atoms with Gasteiger partial charge in [0.1, 0.15) is 6.04 Å². The molecule has 0 saturated heterocycles. The van der Waals surface area contributed by atoms with E-state index < -0.39 is 6.04 Å². The van der Waals surface area contributed by atoms with Crippen LogP contribution in [0.25, 0.3) is 0 Å². The van der Waals surface area contributed by atoms with Crippen LogP contribution in [0, 0.1) is 11.3 Å². The topological polar surface area (TPSA) is 52.9 Å². The molecule has 0 aliphatic carbocycles. The molecule has 1 amide bonds. The third-order valence-corrected chi connectivity index (χ3v) is 2.77. The van der Waals surface area contributed by atoms with Crippen LogP contribution in [-0.2, 0) is 4.79 Å². The molecule has 3 nitrogen and oxygen atoms in total. The molecule has 1 N–H and O–H groups in total. The quantitative estimate of drug-likeness (QED) is 0.845. The monoisotopic (exact) mass is 230 g/mol. The highest BCUT2D eigenvalue weighted by Crippen LogP contribution is 2.22. The van der Waals surface area contributed by atoms with Crippen molar-refractivity contribution in [3.05, 3.63) is 35.9 Å². The molecule has 3 heteroatoms. The number of nitrogens with one attached hydrogen (secondary N) is 1. The molecule has 1 aromatic rings. The minimum Gasteiger partial charge on any atom is -0.341 e. The number of rotatable bonds is 5. The van der Waals surface area contributed by atoms with Crippen molar-refractivity contribution in [1.29, 1.82) is 5.26 Å². The van der Waals surface area contributed by atoms with Gasteiger partial charge in [-0.15, -0.1) is 0 Å². The smallest absolute Gasteiger partial charge is 0.221 e. The molecule has 0 aromatic heterocycles. The Kier molecular flexibility index (Phi) is 5.22. The second-order valence-corrected chi connectivity index (χ2v) is 4.14. The Morgan fingerprint density at radius 2 is 2.06 bits per heavy atom. The van der Waals surface area contributed by atoms with Gasteiger partial charge in [0.2, 0.25) is 5.91 Å². The minimum absolute atomic E-state index is 0.0604. The zero-order valence-corrected chi connectivity index (χ0v) is 10.3. The van der Waals surface area contributed by atoms with E-state index in [0.29, 0.717) is 6.42 Å². The van der Waals surface area contributed by atoms with Crippen molar-refractivity contribution < 1.29 is 4.79 Å². The lowest BCUT2D eigenvalue weighted by Crippen LogP contribution is -2.32. The summed E-state index contributed by atoms with van der Waals surface area (Å²) in [5, 5.41) is 11.3. The van der Waals surface area contributed by atoms with Gasteiger partial charge in [-0.05, 0) is 24.8 Å². The molecule has 2 atom stereocenters. The highest BCUT2D eigenvalue weighted by Gasteiger charge is 2.15. The average molecular weight is 230 g/mol. The van der Waals surface area contributed by atoms with Crippen molar-refractivity contribution in [3.63, 3.8) is 0 Å². The van der Waals surface area contributed by atoms with Gasteiger partial charge in [0.25, 0.3) is 0 Å². The van der Waals surface area contributed by atoms with E-state index in [1.807, 2.05) is 36.4 Å². The number of benzene rings is 1. The Morgan fingerprint density at radius 3 is 2.59 bits per heavy atom. The predicted molar refractivity (Wildman–Crippen MR) is 67.3 cm³/mol. The maximum absolute atomic E-state index is 11.7. The van der Waals surface area contributed by atoms with Crippen LogP contribution in [0.1, 0.15) is 38.2 Å². The van der Waals surface area contributed by atoms with Gasteiger partial charge in [-0.2, -0.15) is 5.26 Å². The SMILES string of the molecule is CC[C@H](CC(=O)N[C@H](C)C#N)c1ccccc1. The molecule has 0 aliphatic rings. The van der Waals surface area contributed by atoms with Gasteiger partial charge in [0.05, 0.1) is 6.07 Å². The van der Waals surface area contributed by atoms with Gasteiger partial charge in [0.15, 0.2) is 0 Å². The molecule has 17 heavy (non-hydrogen) atoms. The Hall–Kier alpha value is -1.82. The maximum Gasteiger partial charge on any atom is 0.221 e. The summed E-state index contributed by atoms with van der Waals surface area (Å²) in [6, 6.07) is 11.6. The normalized spacial score (nSPS) is 13.5. The number of carbonyl (C=O) groups is 1. The molecule has 1 rings (SSSR count). The summed E-state index contributed by atoms with van der Waals surface area (Å²) in [6.07, 6.45) is 1.35. The van der Waals surface area contributed by atoms with Crippen LogP contribution >= 0.6 is 0 Å². The number of nitriles is 1. The minimum atomic E-state index is -0.421. The van der Waals surface area contributed by atoms with Crippen molar-refractivity contribution in [2.75, 3.05) is 0 Å². The van der Waals surface area contributed by atoms with E-state index in [-0.39, 0.29) is 11.8 Å². The number of carbonyl (C=O) groups excluding carboxylic acids is 1. The van der Waals surface area contributed by atoms with Crippen LogP contribution in [0.4, 0.5) is 0 Å². The molecule has 0 radical (unpaired) electrons. The van der Waals surface area contributed by atoms with Gasteiger partial charge in [-0.1, -0.05) is 37.3 Å². The molecule has 90 valence electrons. The predicted octanol–water partition coefficient (Wildman–Crippen LogP) is 2.60. The van der Waals surface area contributed by atoms with E-state index >= 15 is 0 Å². The molecule has 0 fully saturated rings. The van der Waals surface area contributed by atoms with Gasteiger partial charge in [-0.3, -0.25) is 4.79 Å². The highest BCUT2D eigenvalue weighted by molar-refractivity contribution is 5.77. The zero-order chi connectivity index (χ0) is 12.7. The first-order valence-electron chi connectivity index (χ1n) is 5.91. The van der Waals surface area contributed by atoms with Crippen LogP contribution in [0.2, 0.25) is 0 Å². The molecule has 1 aromatic carbocycles. The molecule has 0 spiro atoms. The second kappa shape index (κ2) is 6.70. The first-order valence-corrected chi connectivity index (χ1v) is 5.91. The van der Waals surface area contributed by atoms with Crippen molar-refractivity contribution in [1.82, 2.24) is 5.32 Å². The third-order valence-electron chi connectivity index (χ3n) is 2.77. The first-order chi connectivity index (χ1) is 8.17. The molecule has 0 aliphatic heterocycles. The summed E-state index contributed by atoms with van der Waals surface area (Å²) in [5.41, 5.74) is 1.18. The first kappa shape index (κ1) is 13.2. The second-order valence-electron chi connectivity index (χ2n) is 4.14. The molecular formula is C14H18N2O. The lowest BCUT2D eigenvalue weighted by atomic mass is 9.93. The lowest BCUT2D eigenvalue weighted by Gasteiger charge is -2.15. The van der Waals surface area contributed by atoms with E-state index in [9.17, 15) is 4.79 Å². The van der Waals surface area contributed by atoms with Crippen LogP contribution in [0.15, 0.2) is 30.3 Å². The van der Waals surface area contributed by atoms with E-state index in [2.05, 4.69) is 12.2 Å². The molecule has 0 bridgehead atoms. The van der Waals surface area contributed by atoms with Crippen molar-refractivity contribution in [2.45, 2.75) is 38.6 Å². The van der Waals surface area contributed by atoms with Crippen LogP contribution in [-0.4, -0.2) is 11.9 Å². The fraction of sp³-hybridized carbons (Fsp3) is 0.429. The summed E-state index contributed by atoms with van der Waals surface area (Å²) in [5.74, 6) is 0.164. The lowest BCUT2D eigenvalue weighted by molar-refractivity contribution is -0.121. The summed E-state index contributed by atoms with van der Waals surface area (Å²) in [7, 11) is 0. The highest BCUT2D eigenvalue weighted by atomic mass is 16.1. The Balaban J connectivity index is 2.60. The van der Waals surface area contributed by atoms with Crippen molar-refractivity contribution >= 4 is 5.91 Å². The standard InChI is InChI=1S/C14H18N2O/c1-3-12(13-7-5-4-6-8-13)9-14(17)16-11(2)10-15/h4-8,11-12H,3,9H2,1-2H3,(H,16,17)/t11-,12-/m1/s1. The van der Waals surface area contributed by atoms with Gasteiger partial charge < -0.3 is 5.32 Å². The summed E-state index contributed by atoms with van der Waals surface area (Å²) >= 11 is 0. The number of hydrogen-bond acceptors (Lipinski definition) is 2. The summed E-state index contributed by atoms with van der Waals surface area (Å²) < 4.78 is 0. The van der Waals surface area contributed by atoms with Gasteiger partial charge >= 0.3 is 0 Å². The Labute approximate surface area is 102 Å². The van der Waals surface area contributed by atoms with E-state index in [0.717, 1.165) is 6.42 Å². The van der Waals surface area contributed by atoms with Crippen LogP contribution in [0.3, 0.4) is 0 Å². The zero-order valence-electron chi connectivity index (χ0n) is 10.3. The third kappa shape index (κ3) is 4.28. The molecule has 0 unspecified atom stereocenters. The number of hydrogen-bond donors (Lipinski definition) is 1. The van der Waals surface area contributed by atoms with Crippen molar-refractivity contribution in [3.8, 4) is 6.07 Å². The average Bonchev–Trinajstić information content (AvgIpc) is 2.36. The van der Waals surface area contributed by atoms with E-state index in [1.165, 1.54) is 5.56 Å². The van der Waals surface area contributed by atoms with Crippen LogP contribution < -0.4 is 5.32 Å². The van der Waals surface area contributed by atoms with Crippen molar-refractivity contribution in [2.24, 2.45) is 0 Å². The maximum atomic E-state index is 11.7.